The van der Waals surface area contributed by atoms with Crippen LogP contribution in [0.15, 0.2) is 23.0 Å². The highest BCUT2D eigenvalue weighted by Crippen LogP contribution is 2.38. The highest BCUT2D eigenvalue weighted by atomic mass is 19.4. The van der Waals surface area contributed by atoms with Crippen molar-refractivity contribution in [2.75, 3.05) is 13.1 Å². The van der Waals surface area contributed by atoms with Crippen LogP contribution in [0.1, 0.15) is 72.7 Å². The predicted octanol–water partition coefficient (Wildman–Crippen LogP) is 4.66. The molecule has 0 N–H and O–H groups in total. The monoisotopic (exact) mass is 447 g/mol. The van der Waals surface area contributed by atoms with Gasteiger partial charge in [0, 0.05) is 36.8 Å². The number of rotatable bonds is 2. The topological polar surface area (TPSA) is 85.0 Å². The number of hydrogen-bond donors (Lipinski definition) is 0. The molecule has 1 unspecified atom stereocenters. The molecule has 1 amide bonds. The summed E-state index contributed by atoms with van der Waals surface area (Å²) in [6.07, 6.45) is -0.297. The smallest absolute Gasteiger partial charge is 0.338 e. The van der Waals surface area contributed by atoms with E-state index in [9.17, 15) is 18.0 Å². The molecule has 10 heteroatoms. The second kappa shape index (κ2) is 7.83. The van der Waals surface area contributed by atoms with Gasteiger partial charge in [-0.2, -0.15) is 13.2 Å². The molecular weight excluding hydrogens is 423 g/mol. The molecule has 1 saturated heterocycles. The van der Waals surface area contributed by atoms with Gasteiger partial charge in [0.15, 0.2) is 0 Å². The molecule has 4 rings (SSSR count). The second-order valence-electron chi connectivity index (χ2n) is 9.18. The van der Waals surface area contributed by atoms with Crippen molar-refractivity contribution in [1.29, 1.82) is 0 Å². The zero-order chi connectivity index (χ0) is 23.3. The van der Waals surface area contributed by atoms with Crippen LogP contribution < -0.4 is 0 Å². The number of carbonyl (C=O) groups is 1. The van der Waals surface area contributed by atoms with Crippen LogP contribution in [0.3, 0.4) is 0 Å². The van der Waals surface area contributed by atoms with E-state index in [1.807, 2.05) is 20.8 Å². The number of pyridine rings is 1. The third-order valence-electron chi connectivity index (χ3n) is 5.64. The van der Waals surface area contributed by atoms with Gasteiger partial charge < -0.3 is 9.42 Å². The van der Waals surface area contributed by atoms with Gasteiger partial charge in [-0.3, -0.25) is 4.79 Å². The molecule has 0 aliphatic carbocycles. The van der Waals surface area contributed by atoms with Crippen LogP contribution in [-0.4, -0.2) is 44.0 Å². The summed E-state index contributed by atoms with van der Waals surface area (Å²) in [6, 6.07) is 1.06. The van der Waals surface area contributed by atoms with E-state index in [4.69, 9.17) is 4.52 Å². The summed E-state index contributed by atoms with van der Waals surface area (Å²) in [5.74, 6) is 0.0336. The van der Waals surface area contributed by atoms with E-state index < -0.39 is 11.7 Å². The van der Waals surface area contributed by atoms with Gasteiger partial charge in [-0.25, -0.2) is 15.0 Å². The van der Waals surface area contributed by atoms with Gasteiger partial charge in [0.05, 0.1) is 27.9 Å². The fraction of sp³-hybridized carbons (Fsp3) is 0.500. The number of nitrogens with zero attached hydrogens (tertiary/aromatic N) is 5. The van der Waals surface area contributed by atoms with E-state index in [1.165, 1.54) is 19.3 Å². The maximum atomic E-state index is 13.7. The first-order chi connectivity index (χ1) is 14.9. The Bertz CT molecular complexity index is 1150. The van der Waals surface area contributed by atoms with Gasteiger partial charge in [-0.05, 0) is 25.8 Å². The summed E-state index contributed by atoms with van der Waals surface area (Å²) in [5, 5.41) is 3.52. The van der Waals surface area contributed by atoms with Crippen LogP contribution in [0.25, 0.3) is 11.1 Å². The molecule has 32 heavy (non-hydrogen) atoms. The van der Waals surface area contributed by atoms with E-state index >= 15 is 0 Å². The highest BCUT2D eigenvalue weighted by Gasteiger charge is 2.37. The zero-order valence-electron chi connectivity index (χ0n) is 18.3. The van der Waals surface area contributed by atoms with Crippen LogP contribution in [-0.2, 0) is 11.6 Å². The fourth-order valence-electron chi connectivity index (χ4n) is 3.96. The molecule has 0 saturated carbocycles. The van der Waals surface area contributed by atoms with Crippen molar-refractivity contribution in [3.8, 4) is 0 Å². The minimum atomic E-state index is -4.57. The summed E-state index contributed by atoms with van der Waals surface area (Å²) in [5.41, 5.74) is -0.447. The number of aryl methyl sites for hydroxylation is 1. The largest absolute Gasteiger partial charge is 0.417 e. The van der Waals surface area contributed by atoms with Gasteiger partial charge in [0.2, 0.25) is 0 Å². The summed E-state index contributed by atoms with van der Waals surface area (Å²) < 4.78 is 46.1. The minimum Gasteiger partial charge on any atom is -0.338 e. The predicted molar refractivity (Wildman–Crippen MR) is 110 cm³/mol. The first kappa shape index (κ1) is 22.2. The fourth-order valence-corrected chi connectivity index (χ4v) is 3.96. The first-order valence-corrected chi connectivity index (χ1v) is 10.4. The van der Waals surface area contributed by atoms with E-state index in [0.29, 0.717) is 30.8 Å². The molecule has 4 heterocycles. The molecule has 1 fully saturated rings. The Kier molecular flexibility index (Phi) is 5.42. The summed E-state index contributed by atoms with van der Waals surface area (Å²) in [7, 11) is 0. The molecule has 1 aliphatic heterocycles. The Hall–Kier alpha value is -3.04. The number of aromatic nitrogens is 4. The molecule has 1 atom stereocenters. The molecular formula is C22H24F3N5O2. The number of halogens is 3. The molecule has 0 bridgehead atoms. The van der Waals surface area contributed by atoms with Gasteiger partial charge in [-0.1, -0.05) is 25.9 Å². The van der Waals surface area contributed by atoms with Gasteiger partial charge >= 0.3 is 6.18 Å². The number of fused-ring (bicyclic) bond motifs is 1. The lowest BCUT2D eigenvalue weighted by atomic mass is 9.92. The lowest BCUT2D eigenvalue weighted by Gasteiger charge is -2.32. The number of alkyl halides is 3. The van der Waals surface area contributed by atoms with Crippen molar-refractivity contribution in [2.45, 2.75) is 58.0 Å². The molecule has 3 aromatic heterocycles. The summed E-state index contributed by atoms with van der Waals surface area (Å²) in [6.45, 7) is 8.15. The number of piperidine rings is 1. The highest BCUT2D eigenvalue weighted by molar-refractivity contribution is 5.93. The Labute approximate surface area is 183 Å². The first-order valence-electron chi connectivity index (χ1n) is 10.4. The maximum Gasteiger partial charge on any atom is 0.417 e. The summed E-state index contributed by atoms with van der Waals surface area (Å²) >= 11 is 0. The van der Waals surface area contributed by atoms with Crippen molar-refractivity contribution in [3.05, 3.63) is 46.8 Å². The molecule has 0 spiro atoms. The van der Waals surface area contributed by atoms with Crippen molar-refractivity contribution < 1.29 is 22.5 Å². The normalized spacial score (nSPS) is 17.7. The molecule has 1 aliphatic rings. The Morgan fingerprint density at radius 3 is 2.50 bits per heavy atom. The third-order valence-corrected chi connectivity index (χ3v) is 5.64. The average molecular weight is 447 g/mol. The van der Waals surface area contributed by atoms with Crippen molar-refractivity contribution in [1.82, 2.24) is 25.0 Å². The molecule has 3 aromatic rings. The lowest BCUT2D eigenvalue weighted by molar-refractivity contribution is -0.136. The van der Waals surface area contributed by atoms with Crippen LogP contribution in [0, 0.1) is 6.92 Å². The van der Waals surface area contributed by atoms with E-state index in [0.717, 1.165) is 6.07 Å². The van der Waals surface area contributed by atoms with E-state index in [2.05, 4.69) is 20.1 Å². The van der Waals surface area contributed by atoms with Crippen LogP contribution in [0.4, 0.5) is 13.2 Å². The quantitative estimate of drug-likeness (QED) is 0.568. The third kappa shape index (κ3) is 4.18. The van der Waals surface area contributed by atoms with Crippen molar-refractivity contribution in [2.24, 2.45) is 0 Å². The van der Waals surface area contributed by atoms with Crippen molar-refractivity contribution in [3.63, 3.8) is 0 Å². The van der Waals surface area contributed by atoms with Gasteiger partial charge in [0.25, 0.3) is 11.6 Å². The van der Waals surface area contributed by atoms with Gasteiger partial charge in [-0.15, -0.1) is 0 Å². The van der Waals surface area contributed by atoms with Crippen LogP contribution in [0.2, 0.25) is 0 Å². The van der Waals surface area contributed by atoms with Crippen molar-refractivity contribution >= 4 is 17.0 Å². The van der Waals surface area contributed by atoms with Crippen LogP contribution >= 0.6 is 0 Å². The Morgan fingerprint density at radius 2 is 1.88 bits per heavy atom. The number of carbonyl (C=O) groups excluding carboxylic acids is 1. The molecule has 0 aromatic carbocycles. The number of amides is 1. The lowest BCUT2D eigenvalue weighted by Crippen LogP contribution is -2.39. The average Bonchev–Trinajstić information content (AvgIpc) is 3.12. The number of likely N-dealkylation sites (tertiary alicyclic amines) is 1. The molecule has 0 radical (unpaired) electrons. The standard InChI is InChI=1S/C22H24F3N5O2/c1-12-17-15(22(23,24)25)8-16(28-18(17)32-29-12)13-6-5-7-30(11-13)19(31)14-9-26-20(27-10-14)21(2,3)4/h8-10,13H,5-7,11H2,1-4H3. The van der Waals surface area contributed by atoms with Gasteiger partial charge in [0.1, 0.15) is 5.82 Å². The Morgan fingerprint density at radius 1 is 1.19 bits per heavy atom. The van der Waals surface area contributed by atoms with E-state index in [-0.39, 0.29) is 46.3 Å². The Balaban J connectivity index is 1.60. The second-order valence-corrected chi connectivity index (χ2v) is 9.18. The molecule has 7 nitrogen and oxygen atoms in total. The number of hydrogen-bond acceptors (Lipinski definition) is 6. The SMILES string of the molecule is Cc1noc2nc(C3CCCN(C(=O)c4cnc(C(C)(C)C)nc4)C3)cc(C(F)(F)F)c12. The van der Waals surface area contributed by atoms with E-state index in [1.54, 1.807) is 4.90 Å². The molecule has 170 valence electrons. The maximum absolute atomic E-state index is 13.7. The van der Waals surface area contributed by atoms with Crippen LogP contribution in [0.5, 0.6) is 0 Å². The zero-order valence-corrected chi connectivity index (χ0v) is 18.3. The minimum absolute atomic E-state index is 0.124. The summed E-state index contributed by atoms with van der Waals surface area (Å²) in [4.78, 5) is 27.5.